The number of nitrogens with one attached hydrogen (secondary N) is 2. The number of hydrogen-bond donors (Lipinski definition) is 2. The molecule has 1 aliphatic heterocycles. The Labute approximate surface area is 242 Å². The molecule has 0 aromatic heterocycles. The van der Waals surface area contributed by atoms with Gasteiger partial charge in [-0.05, 0) is 84.9 Å². The summed E-state index contributed by atoms with van der Waals surface area (Å²) in [5.74, 6) is 0.203. The Morgan fingerprint density at radius 2 is 1.46 bits per heavy atom. The van der Waals surface area contributed by atoms with Gasteiger partial charge in [0.15, 0.2) is 6.10 Å². The summed E-state index contributed by atoms with van der Waals surface area (Å²) in [4.78, 5) is 13.2. The largest absolute Gasteiger partial charge is 0.497 e. The predicted molar refractivity (Wildman–Crippen MR) is 156 cm³/mol. The Morgan fingerprint density at radius 3 is 2.12 bits per heavy atom. The van der Waals surface area contributed by atoms with E-state index in [9.17, 15) is 21.6 Å². The number of benzene rings is 4. The molecule has 0 bridgehead atoms. The summed E-state index contributed by atoms with van der Waals surface area (Å²) in [5, 5.41) is 3.06. The monoisotopic (exact) mass is 613 g/mol. The summed E-state index contributed by atoms with van der Waals surface area (Å²) in [5.41, 5.74) is 0.953. The lowest BCUT2D eigenvalue weighted by molar-refractivity contribution is -0.122. The van der Waals surface area contributed by atoms with Crippen molar-refractivity contribution in [2.75, 3.05) is 28.0 Å². The number of halogens is 1. The van der Waals surface area contributed by atoms with Crippen LogP contribution in [0.15, 0.2) is 107 Å². The zero-order chi connectivity index (χ0) is 29.2. The highest BCUT2D eigenvalue weighted by Crippen LogP contribution is 2.37. The van der Waals surface area contributed by atoms with Crippen molar-refractivity contribution in [3.8, 4) is 11.5 Å². The SMILES string of the molecule is COc1ccc(NS(=O)(=O)c2ccc(NC(=O)C3CN(S(=O)(=O)c4ccc(Cl)cc4)c4ccccc4O3)cc2)cc1. The second-order valence-electron chi connectivity index (χ2n) is 8.91. The number of para-hydroxylation sites is 2. The van der Waals surface area contributed by atoms with Crippen molar-refractivity contribution in [3.63, 3.8) is 0 Å². The minimum Gasteiger partial charge on any atom is -0.497 e. The van der Waals surface area contributed by atoms with Crippen LogP contribution in [0.3, 0.4) is 0 Å². The van der Waals surface area contributed by atoms with E-state index in [1.165, 1.54) is 55.6 Å². The number of carbonyl (C=O) groups is 1. The number of sulfonamides is 2. The molecule has 13 heteroatoms. The van der Waals surface area contributed by atoms with Crippen LogP contribution in [-0.2, 0) is 24.8 Å². The molecule has 0 saturated heterocycles. The smallest absolute Gasteiger partial charge is 0.267 e. The van der Waals surface area contributed by atoms with Crippen LogP contribution in [0.4, 0.5) is 17.1 Å². The Balaban J connectivity index is 1.32. The molecule has 1 heterocycles. The van der Waals surface area contributed by atoms with Crippen molar-refractivity contribution in [1.82, 2.24) is 0 Å². The molecular weight excluding hydrogens is 590 g/mol. The molecule has 5 rings (SSSR count). The van der Waals surface area contributed by atoms with Crippen molar-refractivity contribution in [2.45, 2.75) is 15.9 Å². The lowest BCUT2D eigenvalue weighted by Crippen LogP contribution is -2.48. The molecule has 2 N–H and O–H groups in total. The molecule has 10 nitrogen and oxygen atoms in total. The second kappa shape index (κ2) is 11.3. The van der Waals surface area contributed by atoms with Crippen LogP contribution in [0.5, 0.6) is 11.5 Å². The van der Waals surface area contributed by atoms with Gasteiger partial charge in [0.25, 0.3) is 26.0 Å². The third-order valence-electron chi connectivity index (χ3n) is 6.20. The van der Waals surface area contributed by atoms with Gasteiger partial charge in [-0.3, -0.25) is 13.8 Å². The first-order chi connectivity index (χ1) is 19.6. The normalized spacial score (nSPS) is 14.9. The van der Waals surface area contributed by atoms with E-state index in [1.54, 1.807) is 48.5 Å². The predicted octanol–water partition coefficient (Wildman–Crippen LogP) is 4.74. The second-order valence-corrected chi connectivity index (χ2v) is 12.9. The Kier molecular flexibility index (Phi) is 7.80. The highest BCUT2D eigenvalue weighted by molar-refractivity contribution is 7.93. The van der Waals surface area contributed by atoms with Crippen LogP contribution in [-0.4, -0.2) is 42.5 Å². The summed E-state index contributed by atoms with van der Waals surface area (Å²) in [6.07, 6.45) is -1.19. The number of methoxy groups -OCH3 is 1. The molecule has 1 atom stereocenters. The standard InChI is InChI=1S/C28H24ClN3O7S2/c1-38-22-12-8-21(9-13-22)31-40(34,35)23-16-10-20(11-17-23)30-28(33)27-18-32(25-4-2-3-5-26(25)39-27)41(36,37)24-14-6-19(29)7-15-24/h2-17,27,31H,18H2,1H3,(H,30,33). The third-order valence-corrected chi connectivity index (χ3v) is 9.65. The number of amides is 1. The Hall–Kier alpha value is -4.26. The number of nitrogens with zero attached hydrogens (tertiary/aromatic N) is 1. The molecule has 0 spiro atoms. The molecular formula is C28H24ClN3O7S2. The number of carbonyl (C=O) groups excluding carboxylic acids is 1. The average Bonchev–Trinajstić information content (AvgIpc) is 2.97. The average molecular weight is 614 g/mol. The van der Waals surface area contributed by atoms with Gasteiger partial charge in [0, 0.05) is 16.4 Å². The quantitative estimate of drug-likeness (QED) is 0.293. The van der Waals surface area contributed by atoms with Crippen molar-refractivity contribution in [1.29, 1.82) is 0 Å². The minimum absolute atomic E-state index is 0.0119. The van der Waals surface area contributed by atoms with E-state index < -0.39 is 32.1 Å². The van der Waals surface area contributed by atoms with Crippen LogP contribution < -0.4 is 23.8 Å². The van der Waals surface area contributed by atoms with Crippen LogP contribution in [0.2, 0.25) is 5.02 Å². The highest BCUT2D eigenvalue weighted by atomic mass is 35.5. The van der Waals surface area contributed by atoms with Gasteiger partial charge >= 0.3 is 0 Å². The molecule has 0 radical (unpaired) electrons. The molecule has 0 saturated carbocycles. The lowest BCUT2D eigenvalue weighted by atomic mass is 10.2. The molecule has 0 fully saturated rings. The maximum Gasteiger partial charge on any atom is 0.267 e. The van der Waals surface area contributed by atoms with Gasteiger partial charge in [-0.25, -0.2) is 16.8 Å². The summed E-state index contributed by atoms with van der Waals surface area (Å²) in [6.45, 7) is -0.286. The van der Waals surface area contributed by atoms with Gasteiger partial charge in [-0.15, -0.1) is 0 Å². The fraction of sp³-hybridized carbons (Fsp3) is 0.107. The van der Waals surface area contributed by atoms with E-state index in [2.05, 4.69) is 10.0 Å². The maximum atomic E-state index is 13.5. The van der Waals surface area contributed by atoms with Gasteiger partial charge in [-0.2, -0.15) is 0 Å². The fourth-order valence-corrected chi connectivity index (χ4v) is 6.77. The summed E-state index contributed by atoms with van der Waals surface area (Å²) in [7, 11) is -6.43. The fourth-order valence-electron chi connectivity index (χ4n) is 4.11. The zero-order valence-electron chi connectivity index (χ0n) is 21.5. The van der Waals surface area contributed by atoms with Crippen LogP contribution in [0, 0.1) is 0 Å². The number of hydrogen-bond acceptors (Lipinski definition) is 7. The summed E-state index contributed by atoms with van der Waals surface area (Å²) >= 11 is 5.93. The van der Waals surface area contributed by atoms with Gasteiger partial charge in [0.05, 0.1) is 29.1 Å². The van der Waals surface area contributed by atoms with E-state index in [-0.39, 0.29) is 22.1 Å². The van der Waals surface area contributed by atoms with Gasteiger partial charge < -0.3 is 14.8 Å². The van der Waals surface area contributed by atoms with Crippen molar-refractivity contribution in [2.24, 2.45) is 0 Å². The van der Waals surface area contributed by atoms with E-state index in [4.69, 9.17) is 21.1 Å². The molecule has 212 valence electrons. The third kappa shape index (κ3) is 6.09. The van der Waals surface area contributed by atoms with Gasteiger partial charge in [-0.1, -0.05) is 23.7 Å². The number of anilines is 3. The zero-order valence-corrected chi connectivity index (χ0v) is 23.9. The van der Waals surface area contributed by atoms with Crippen LogP contribution in [0.1, 0.15) is 0 Å². The van der Waals surface area contributed by atoms with E-state index >= 15 is 0 Å². The molecule has 4 aromatic carbocycles. The van der Waals surface area contributed by atoms with Gasteiger partial charge in [0.2, 0.25) is 0 Å². The Morgan fingerprint density at radius 1 is 0.854 bits per heavy atom. The van der Waals surface area contributed by atoms with Gasteiger partial charge in [0.1, 0.15) is 11.5 Å². The highest BCUT2D eigenvalue weighted by Gasteiger charge is 2.37. The summed E-state index contributed by atoms with van der Waals surface area (Å²) in [6, 6.07) is 24.2. The van der Waals surface area contributed by atoms with Crippen molar-refractivity contribution >= 4 is 54.6 Å². The number of rotatable bonds is 8. The van der Waals surface area contributed by atoms with Crippen LogP contribution >= 0.6 is 11.6 Å². The minimum atomic E-state index is -4.05. The number of ether oxygens (including phenoxy) is 2. The first-order valence-electron chi connectivity index (χ1n) is 12.2. The molecule has 4 aromatic rings. The topological polar surface area (TPSA) is 131 Å². The van der Waals surface area contributed by atoms with Crippen LogP contribution in [0.25, 0.3) is 0 Å². The first-order valence-corrected chi connectivity index (χ1v) is 15.5. The molecule has 41 heavy (non-hydrogen) atoms. The number of fused-ring (bicyclic) bond motifs is 1. The van der Waals surface area contributed by atoms with E-state index in [1.807, 2.05) is 0 Å². The van der Waals surface area contributed by atoms with E-state index in [0.29, 0.717) is 27.8 Å². The lowest BCUT2D eigenvalue weighted by Gasteiger charge is -2.34. The first kappa shape index (κ1) is 28.3. The molecule has 0 aliphatic carbocycles. The maximum absolute atomic E-state index is 13.5. The molecule has 1 amide bonds. The van der Waals surface area contributed by atoms with E-state index in [0.717, 1.165) is 4.31 Å². The summed E-state index contributed by atoms with van der Waals surface area (Å²) < 4.78 is 67.2. The van der Waals surface area contributed by atoms with Crippen molar-refractivity contribution in [3.05, 3.63) is 102 Å². The van der Waals surface area contributed by atoms with Crippen molar-refractivity contribution < 1.29 is 31.1 Å². The molecule has 1 aliphatic rings. The molecule has 1 unspecified atom stereocenters. The Bertz CT molecular complexity index is 1780.